The zero-order valence-corrected chi connectivity index (χ0v) is 23.2. The number of thiazole rings is 1. The van der Waals surface area contributed by atoms with Crippen molar-refractivity contribution in [2.24, 2.45) is 0 Å². The van der Waals surface area contributed by atoms with E-state index in [0.29, 0.717) is 37.8 Å². The van der Waals surface area contributed by atoms with Crippen LogP contribution < -0.4 is 14.8 Å². The zero-order valence-electron chi connectivity index (χ0n) is 22.4. The van der Waals surface area contributed by atoms with Crippen molar-refractivity contribution in [3.8, 4) is 22.2 Å². The Labute approximate surface area is 237 Å². The summed E-state index contributed by atoms with van der Waals surface area (Å²) in [4.78, 5) is 41.2. The zero-order chi connectivity index (χ0) is 29.1. The number of anilines is 1. The Morgan fingerprint density at radius 2 is 1.88 bits per heavy atom. The average molecular weight is 578 g/mol. The van der Waals surface area contributed by atoms with E-state index in [0.717, 1.165) is 11.1 Å². The molecule has 0 aliphatic heterocycles. The predicted octanol–water partition coefficient (Wildman–Crippen LogP) is 5.56. The molecule has 3 aromatic heterocycles. The minimum Gasteiger partial charge on any atom is -0.484 e. The highest BCUT2D eigenvalue weighted by atomic mass is 32.1. The number of pyridine rings is 1. The fourth-order valence-corrected chi connectivity index (χ4v) is 4.93. The van der Waals surface area contributed by atoms with E-state index >= 15 is 0 Å². The molecule has 41 heavy (non-hydrogen) atoms. The molecule has 5 aromatic rings. The summed E-state index contributed by atoms with van der Waals surface area (Å²) in [5, 5.41) is 3.15. The number of nitrogens with zero attached hydrogens (tertiary/aromatic N) is 4. The summed E-state index contributed by atoms with van der Waals surface area (Å²) in [5.74, 6) is -0.778. The third-order valence-corrected chi connectivity index (χ3v) is 6.88. The van der Waals surface area contributed by atoms with Crippen LogP contribution in [0.5, 0.6) is 11.6 Å². The molecule has 1 amide bonds. The number of benzene rings is 2. The Hall–Kier alpha value is -4.91. The molecule has 0 saturated carbocycles. The molecule has 210 valence electrons. The number of halogens is 1. The number of rotatable bonds is 8. The van der Waals surface area contributed by atoms with E-state index in [2.05, 4.69) is 30.0 Å². The molecule has 0 bridgehead atoms. The quantitative estimate of drug-likeness (QED) is 0.234. The van der Waals surface area contributed by atoms with Gasteiger partial charge in [-0.1, -0.05) is 0 Å². The average Bonchev–Trinajstić information content (AvgIpc) is 3.37. The summed E-state index contributed by atoms with van der Waals surface area (Å²) >= 11 is 1.37. The van der Waals surface area contributed by atoms with E-state index < -0.39 is 24.0 Å². The van der Waals surface area contributed by atoms with Gasteiger partial charge < -0.3 is 18.9 Å². The molecule has 0 fully saturated rings. The van der Waals surface area contributed by atoms with E-state index in [9.17, 15) is 14.0 Å². The fourth-order valence-electron chi connectivity index (χ4n) is 3.94. The van der Waals surface area contributed by atoms with Gasteiger partial charge in [0.1, 0.15) is 23.4 Å². The number of amides is 1. The Bertz CT molecular complexity index is 1760. The maximum absolute atomic E-state index is 14.9. The first-order valence-electron chi connectivity index (χ1n) is 12.3. The predicted molar refractivity (Wildman–Crippen MR) is 150 cm³/mol. The molecule has 0 spiro atoms. The topological polar surface area (TPSA) is 135 Å². The smallest absolute Gasteiger partial charge is 0.411 e. The highest BCUT2D eigenvalue weighted by Gasteiger charge is 2.18. The Morgan fingerprint density at radius 3 is 2.61 bits per heavy atom. The van der Waals surface area contributed by atoms with Crippen molar-refractivity contribution in [3.63, 3.8) is 0 Å². The van der Waals surface area contributed by atoms with Crippen LogP contribution in [0.15, 0.2) is 48.8 Å². The van der Waals surface area contributed by atoms with Crippen molar-refractivity contribution in [1.82, 2.24) is 19.9 Å². The maximum atomic E-state index is 14.9. The second kappa shape index (κ2) is 11.7. The number of hydrogen-bond acceptors (Lipinski definition) is 11. The van der Waals surface area contributed by atoms with Crippen LogP contribution in [0.3, 0.4) is 0 Å². The second-order valence-electron chi connectivity index (χ2n) is 8.94. The van der Waals surface area contributed by atoms with Gasteiger partial charge in [0.25, 0.3) is 0 Å². The number of hydrogen-bond donors (Lipinski definition) is 1. The molecule has 0 saturated heterocycles. The highest BCUT2D eigenvalue weighted by Crippen LogP contribution is 2.37. The minimum absolute atomic E-state index is 0.00503. The third-order valence-electron chi connectivity index (χ3n) is 5.83. The van der Waals surface area contributed by atoms with Crippen molar-refractivity contribution >= 4 is 50.3 Å². The number of ether oxygens (including phenoxy) is 4. The van der Waals surface area contributed by atoms with Crippen molar-refractivity contribution in [3.05, 3.63) is 65.9 Å². The van der Waals surface area contributed by atoms with Gasteiger partial charge in [-0.25, -0.2) is 33.9 Å². The fraction of sp³-hybridized carbons (Fsp3) is 0.214. The molecule has 11 nitrogen and oxygen atoms in total. The van der Waals surface area contributed by atoms with Gasteiger partial charge in [0.15, 0.2) is 11.6 Å². The largest absolute Gasteiger partial charge is 0.484 e. The molecule has 13 heteroatoms. The lowest BCUT2D eigenvalue weighted by Gasteiger charge is -2.15. The van der Waals surface area contributed by atoms with Gasteiger partial charge in [0.2, 0.25) is 5.88 Å². The lowest BCUT2D eigenvalue weighted by atomic mass is 10.1. The highest BCUT2D eigenvalue weighted by molar-refractivity contribution is 7.21. The Balaban J connectivity index is 1.27. The van der Waals surface area contributed by atoms with E-state index in [1.54, 1.807) is 19.2 Å². The number of carbonyl (C=O) groups is 2. The molecular formula is C28H24FN5O6S. The Morgan fingerprint density at radius 1 is 1.05 bits per heavy atom. The van der Waals surface area contributed by atoms with Crippen molar-refractivity contribution in [2.45, 2.75) is 20.0 Å². The van der Waals surface area contributed by atoms with Crippen LogP contribution in [0.1, 0.15) is 23.0 Å². The molecule has 0 aliphatic carbocycles. The number of aromatic nitrogens is 4. The molecule has 1 atom stereocenters. The second-order valence-corrected chi connectivity index (χ2v) is 9.97. The number of carbonyl (C=O) groups excluding carboxylic acids is 2. The first-order chi connectivity index (χ1) is 19.7. The first kappa shape index (κ1) is 27.6. The van der Waals surface area contributed by atoms with E-state index in [4.69, 9.17) is 14.2 Å². The molecule has 2 aromatic carbocycles. The van der Waals surface area contributed by atoms with Gasteiger partial charge in [-0.3, -0.25) is 5.32 Å². The number of esters is 1. The van der Waals surface area contributed by atoms with Crippen molar-refractivity contribution in [2.75, 3.05) is 26.1 Å². The summed E-state index contributed by atoms with van der Waals surface area (Å²) in [6, 6.07) is 9.64. The molecule has 0 radical (unpaired) electrons. The van der Waals surface area contributed by atoms with Crippen LogP contribution in [0.25, 0.3) is 31.8 Å². The minimum atomic E-state index is -0.762. The summed E-state index contributed by atoms with van der Waals surface area (Å²) in [6.07, 6.45) is 1.42. The summed E-state index contributed by atoms with van der Waals surface area (Å²) in [7, 11) is 2.78. The standard InChI is InChI=1S/C28H24FN5O6S/c1-14-7-17(25-21(8-14)33-24(37-3)12-31-25)26-34-20-9-18(29)22(10-23(20)41-26)40-15(2)13-39-28(36)32-16-5-6-19(30-11-16)27(35)38-4/h5-12,15H,13H2,1-4H3,(H,32,36). The van der Waals surface area contributed by atoms with E-state index in [-0.39, 0.29) is 18.1 Å². The monoisotopic (exact) mass is 577 g/mol. The maximum Gasteiger partial charge on any atom is 0.411 e. The van der Waals surface area contributed by atoms with Gasteiger partial charge in [-0.2, -0.15) is 0 Å². The molecule has 1 N–H and O–H groups in total. The third kappa shape index (κ3) is 6.14. The lowest BCUT2D eigenvalue weighted by molar-refractivity contribution is 0.0594. The van der Waals surface area contributed by atoms with Crippen LogP contribution in [0, 0.1) is 12.7 Å². The van der Waals surface area contributed by atoms with Crippen LogP contribution in [0.4, 0.5) is 14.9 Å². The SMILES string of the molecule is COC(=O)c1ccc(NC(=O)OCC(C)Oc2cc3sc(-c4cc(C)cc5nc(OC)cnc45)nc3cc2F)cn1. The normalized spacial score (nSPS) is 11.7. The molecule has 1 unspecified atom stereocenters. The van der Waals surface area contributed by atoms with Crippen molar-refractivity contribution < 1.29 is 32.9 Å². The van der Waals surface area contributed by atoms with E-state index in [1.165, 1.54) is 50.0 Å². The summed E-state index contributed by atoms with van der Waals surface area (Å²) < 4.78 is 36.4. The molecule has 0 aliphatic rings. The van der Waals surface area contributed by atoms with Crippen molar-refractivity contribution in [1.29, 1.82) is 0 Å². The lowest BCUT2D eigenvalue weighted by Crippen LogP contribution is -2.24. The van der Waals surface area contributed by atoms with E-state index in [1.807, 2.05) is 19.1 Å². The molecular weight excluding hydrogens is 553 g/mol. The summed E-state index contributed by atoms with van der Waals surface area (Å²) in [5.41, 5.74) is 3.97. The van der Waals surface area contributed by atoms with Gasteiger partial charge in [0, 0.05) is 17.7 Å². The van der Waals surface area contributed by atoms with Crippen LogP contribution >= 0.6 is 11.3 Å². The Kier molecular flexibility index (Phi) is 7.88. The number of methoxy groups -OCH3 is 2. The molecule has 5 rings (SSSR count). The van der Waals surface area contributed by atoms with Crippen LogP contribution in [-0.2, 0) is 9.47 Å². The summed E-state index contributed by atoms with van der Waals surface area (Å²) in [6.45, 7) is 3.44. The van der Waals surface area contributed by atoms with Gasteiger partial charge in [-0.15, -0.1) is 11.3 Å². The van der Waals surface area contributed by atoms with Gasteiger partial charge >= 0.3 is 12.1 Å². The van der Waals surface area contributed by atoms with Crippen LogP contribution in [0.2, 0.25) is 0 Å². The van der Waals surface area contributed by atoms with Gasteiger partial charge in [0.05, 0.1) is 53.6 Å². The number of nitrogens with one attached hydrogen (secondary N) is 1. The number of aryl methyl sites for hydroxylation is 1. The molecule has 3 heterocycles. The number of fused-ring (bicyclic) bond motifs is 2. The first-order valence-corrected chi connectivity index (χ1v) is 13.1. The van der Waals surface area contributed by atoms with Crippen LogP contribution in [-0.4, -0.2) is 58.9 Å². The van der Waals surface area contributed by atoms with Gasteiger partial charge in [-0.05, 0) is 43.7 Å².